The van der Waals surface area contributed by atoms with Crippen molar-refractivity contribution in [3.63, 3.8) is 0 Å². The van der Waals surface area contributed by atoms with Crippen molar-refractivity contribution in [2.75, 3.05) is 11.9 Å². The lowest BCUT2D eigenvalue weighted by molar-refractivity contribution is 0.111. The van der Waals surface area contributed by atoms with Crippen molar-refractivity contribution < 1.29 is 4.79 Å². The minimum absolute atomic E-state index is 0.346. The van der Waals surface area contributed by atoms with Crippen LogP contribution in [0.5, 0.6) is 0 Å². The van der Waals surface area contributed by atoms with Crippen LogP contribution in [0.3, 0.4) is 0 Å². The van der Waals surface area contributed by atoms with E-state index in [4.69, 9.17) is 0 Å². The molecule has 0 radical (unpaired) electrons. The average Bonchev–Trinajstić information content (AvgIpc) is 2.85. The lowest BCUT2D eigenvalue weighted by Gasteiger charge is -2.28. The summed E-state index contributed by atoms with van der Waals surface area (Å²) in [5.41, 5.74) is 0.635. The number of rotatable bonds is 4. The summed E-state index contributed by atoms with van der Waals surface area (Å²) in [5.74, 6) is 1.28. The van der Waals surface area contributed by atoms with Gasteiger partial charge in [0.2, 0.25) is 0 Å². The SMILES string of the molecule is CC(C)C(C)N(C)c1nc2sccn2c1C=O. The molecule has 0 fully saturated rings. The fraction of sp³-hybridized carbons (Fsp3) is 0.500. The Bertz CT molecular complexity index is 529. The summed E-state index contributed by atoms with van der Waals surface area (Å²) >= 11 is 1.54. The van der Waals surface area contributed by atoms with Crippen LogP contribution in [0.1, 0.15) is 31.3 Å². The van der Waals surface area contributed by atoms with Gasteiger partial charge in [0.05, 0.1) is 0 Å². The molecule has 0 aliphatic carbocycles. The van der Waals surface area contributed by atoms with Gasteiger partial charge in [-0.05, 0) is 12.8 Å². The molecule has 1 atom stereocenters. The summed E-state index contributed by atoms with van der Waals surface area (Å²) in [6, 6.07) is 0.346. The Balaban J connectivity index is 2.47. The third-order valence-electron chi connectivity index (χ3n) is 3.30. The first-order valence-corrected chi connectivity index (χ1v) is 6.57. The normalized spacial score (nSPS) is 13.2. The number of carbonyl (C=O) groups excluding carboxylic acids is 1. The van der Waals surface area contributed by atoms with E-state index in [-0.39, 0.29) is 0 Å². The summed E-state index contributed by atoms with van der Waals surface area (Å²) < 4.78 is 1.84. The van der Waals surface area contributed by atoms with Crippen LogP contribution < -0.4 is 4.90 Å². The molecule has 0 saturated carbocycles. The zero-order valence-electron chi connectivity index (χ0n) is 10.5. The number of imidazole rings is 1. The first kappa shape index (κ1) is 12.1. The van der Waals surface area contributed by atoms with Gasteiger partial charge in [-0.15, -0.1) is 11.3 Å². The second kappa shape index (κ2) is 4.49. The van der Waals surface area contributed by atoms with E-state index in [1.165, 1.54) is 0 Å². The van der Waals surface area contributed by atoms with Gasteiger partial charge in [0.1, 0.15) is 5.69 Å². The van der Waals surface area contributed by atoms with Crippen molar-refractivity contribution in [3.8, 4) is 0 Å². The third kappa shape index (κ3) is 1.95. The minimum Gasteiger partial charge on any atom is -0.355 e. The largest absolute Gasteiger partial charge is 0.355 e. The Morgan fingerprint density at radius 3 is 2.76 bits per heavy atom. The van der Waals surface area contributed by atoms with E-state index in [1.54, 1.807) is 11.3 Å². The van der Waals surface area contributed by atoms with Crippen LogP contribution in [0.4, 0.5) is 5.82 Å². The maximum absolute atomic E-state index is 11.2. The van der Waals surface area contributed by atoms with Gasteiger partial charge in [0, 0.05) is 24.7 Å². The zero-order valence-corrected chi connectivity index (χ0v) is 11.4. The zero-order chi connectivity index (χ0) is 12.6. The summed E-state index contributed by atoms with van der Waals surface area (Å²) in [5, 5.41) is 1.94. The number of hydrogen-bond donors (Lipinski definition) is 0. The summed E-state index contributed by atoms with van der Waals surface area (Å²) in [6.45, 7) is 6.48. The van der Waals surface area contributed by atoms with Crippen LogP contribution in [0.15, 0.2) is 11.6 Å². The number of anilines is 1. The maximum atomic E-state index is 11.2. The highest BCUT2D eigenvalue weighted by Crippen LogP contribution is 2.25. The number of thiazole rings is 1. The van der Waals surface area contributed by atoms with Crippen molar-refractivity contribution in [3.05, 3.63) is 17.3 Å². The van der Waals surface area contributed by atoms with Crippen molar-refractivity contribution in [1.82, 2.24) is 9.38 Å². The molecule has 0 aliphatic heterocycles. The second-order valence-electron chi connectivity index (χ2n) is 4.59. The quantitative estimate of drug-likeness (QED) is 0.784. The molecule has 0 saturated heterocycles. The summed E-state index contributed by atoms with van der Waals surface area (Å²) in [7, 11) is 1.99. The number of aldehydes is 1. The van der Waals surface area contributed by atoms with E-state index in [1.807, 2.05) is 23.0 Å². The highest BCUT2D eigenvalue weighted by Gasteiger charge is 2.21. The molecule has 0 aliphatic rings. The summed E-state index contributed by atoms with van der Waals surface area (Å²) in [6.07, 6.45) is 2.76. The van der Waals surface area contributed by atoms with Crippen molar-refractivity contribution in [2.45, 2.75) is 26.8 Å². The number of hydrogen-bond acceptors (Lipinski definition) is 4. The molecule has 2 aromatic heterocycles. The Morgan fingerprint density at radius 2 is 2.18 bits per heavy atom. The molecule has 2 rings (SSSR count). The average molecular weight is 251 g/mol. The molecule has 1 unspecified atom stereocenters. The van der Waals surface area contributed by atoms with Crippen LogP contribution >= 0.6 is 11.3 Å². The van der Waals surface area contributed by atoms with E-state index < -0.39 is 0 Å². The molecule has 92 valence electrons. The fourth-order valence-electron chi connectivity index (χ4n) is 1.80. The molecule has 2 aromatic rings. The van der Waals surface area contributed by atoms with Crippen molar-refractivity contribution in [2.24, 2.45) is 5.92 Å². The molecule has 0 aromatic carbocycles. The minimum atomic E-state index is 0.346. The van der Waals surface area contributed by atoms with Gasteiger partial charge in [-0.1, -0.05) is 13.8 Å². The van der Waals surface area contributed by atoms with Crippen LogP contribution in [0.2, 0.25) is 0 Å². The lowest BCUT2D eigenvalue weighted by atomic mass is 10.1. The molecule has 5 heteroatoms. The first-order chi connectivity index (χ1) is 8.06. The van der Waals surface area contributed by atoms with Crippen LogP contribution in [-0.2, 0) is 0 Å². The molecule has 0 bridgehead atoms. The monoisotopic (exact) mass is 251 g/mol. The first-order valence-electron chi connectivity index (χ1n) is 5.69. The second-order valence-corrected chi connectivity index (χ2v) is 5.46. The number of aromatic nitrogens is 2. The Morgan fingerprint density at radius 1 is 1.47 bits per heavy atom. The van der Waals surface area contributed by atoms with Gasteiger partial charge in [-0.3, -0.25) is 9.20 Å². The van der Waals surface area contributed by atoms with Crippen molar-refractivity contribution >= 4 is 28.4 Å². The molecule has 0 spiro atoms. The molecular formula is C12H17N3OS. The van der Waals surface area contributed by atoms with Crippen LogP contribution in [-0.4, -0.2) is 28.8 Å². The molecule has 0 N–H and O–H groups in total. The highest BCUT2D eigenvalue weighted by molar-refractivity contribution is 7.15. The van der Waals surface area contributed by atoms with E-state index in [0.29, 0.717) is 17.7 Å². The highest BCUT2D eigenvalue weighted by atomic mass is 32.1. The number of carbonyl (C=O) groups is 1. The lowest BCUT2D eigenvalue weighted by Crippen LogP contribution is -2.34. The molecule has 0 amide bonds. The van der Waals surface area contributed by atoms with Gasteiger partial charge in [-0.25, -0.2) is 4.98 Å². The van der Waals surface area contributed by atoms with Gasteiger partial charge >= 0.3 is 0 Å². The van der Waals surface area contributed by atoms with Gasteiger partial charge in [0.25, 0.3) is 0 Å². The predicted octanol–water partition coefficient (Wildman–Crippen LogP) is 2.69. The standard InChI is InChI=1S/C12H17N3OS/c1-8(2)9(3)14(4)11-10(7-16)15-5-6-17-12(15)13-11/h5-9H,1-4H3. The van der Waals surface area contributed by atoms with E-state index in [2.05, 4.69) is 30.7 Å². The summed E-state index contributed by atoms with van der Waals surface area (Å²) in [4.78, 5) is 18.7. The Hall–Kier alpha value is -1.36. The Labute approximate surface area is 105 Å². The molecular weight excluding hydrogens is 234 g/mol. The van der Waals surface area contributed by atoms with Gasteiger partial charge < -0.3 is 4.90 Å². The van der Waals surface area contributed by atoms with E-state index in [9.17, 15) is 4.79 Å². The van der Waals surface area contributed by atoms with Crippen molar-refractivity contribution in [1.29, 1.82) is 0 Å². The topological polar surface area (TPSA) is 37.6 Å². The van der Waals surface area contributed by atoms with Crippen LogP contribution in [0, 0.1) is 5.92 Å². The van der Waals surface area contributed by atoms with E-state index >= 15 is 0 Å². The predicted molar refractivity (Wildman–Crippen MR) is 71.2 cm³/mol. The van der Waals surface area contributed by atoms with Crippen LogP contribution in [0.25, 0.3) is 4.96 Å². The molecule has 2 heterocycles. The number of nitrogens with zero attached hydrogens (tertiary/aromatic N) is 3. The van der Waals surface area contributed by atoms with E-state index in [0.717, 1.165) is 17.1 Å². The Kier molecular flexibility index (Phi) is 3.19. The van der Waals surface area contributed by atoms with Gasteiger partial charge in [-0.2, -0.15) is 0 Å². The number of fused-ring (bicyclic) bond motifs is 1. The fourth-order valence-corrected chi connectivity index (χ4v) is 2.52. The molecule has 4 nitrogen and oxygen atoms in total. The third-order valence-corrected chi connectivity index (χ3v) is 4.06. The van der Waals surface area contributed by atoms with Gasteiger partial charge in [0.15, 0.2) is 17.1 Å². The smallest absolute Gasteiger partial charge is 0.196 e. The molecule has 17 heavy (non-hydrogen) atoms. The maximum Gasteiger partial charge on any atom is 0.196 e.